The number of hydrogen-bond donors (Lipinski definition) is 2. The van der Waals surface area contributed by atoms with Gasteiger partial charge in [-0.1, -0.05) is 36.4 Å². The lowest BCUT2D eigenvalue weighted by Crippen LogP contribution is -2.41. The minimum atomic E-state index is -1.00. The lowest BCUT2D eigenvalue weighted by atomic mass is 9.81. The van der Waals surface area contributed by atoms with Crippen LogP contribution in [0.3, 0.4) is 0 Å². The van der Waals surface area contributed by atoms with Crippen LogP contribution in [0.25, 0.3) is 0 Å². The quantitative estimate of drug-likeness (QED) is 0.630. The van der Waals surface area contributed by atoms with E-state index in [1.165, 1.54) is 0 Å². The van der Waals surface area contributed by atoms with Crippen LogP contribution >= 0.6 is 0 Å². The maximum absolute atomic E-state index is 9.94. The summed E-state index contributed by atoms with van der Waals surface area (Å²) in [4.78, 5) is 11.2. The molecule has 1 aliphatic heterocycles. The summed E-state index contributed by atoms with van der Waals surface area (Å²) in [5.74, 6) is 0.0284. The molecular formula is C23H26N4O2. The molecule has 0 amide bonds. The van der Waals surface area contributed by atoms with Crippen LogP contribution in [0.1, 0.15) is 40.4 Å². The number of morpholine rings is 1. The molecule has 0 aliphatic carbocycles. The molecule has 3 heterocycles. The maximum atomic E-state index is 9.94. The molecule has 0 saturated carbocycles. The summed E-state index contributed by atoms with van der Waals surface area (Å²) in [6.45, 7) is 3.05. The van der Waals surface area contributed by atoms with Crippen LogP contribution in [-0.2, 0) is 4.74 Å². The van der Waals surface area contributed by atoms with E-state index in [-0.39, 0.29) is 12.0 Å². The van der Waals surface area contributed by atoms with Crippen LogP contribution in [0.15, 0.2) is 73.3 Å². The molecule has 2 atom stereocenters. The molecule has 0 bridgehead atoms. The topological polar surface area (TPSA) is 84.5 Å². The summed E-state index contributed by atoms with van der Waals surface area (Å²) in [5.41, 5.74) is 9.81. The number of hydrogen-bond acceptors (Lipinski definition) is 6. The Morgan fingerprint density at radius 2 is 1.45 bits per heavy atom. The zero-order valence-electron chi connectivity index (χ0n) is 16.3. The molecule has 29 heavy (non-hydrogen) atoms. The summed E-state index contributed by atoms with van der Waals surface area (Å²) >= 11 is 0. The Kier molecular flexibility index (Phi) is 6.27. The zero-order valence-corrected chi connectivity index (χ0v) is 16.3. The second-order valence-electron chi connectivity index (χ2n) is 7.26. The van der Waals surface area contributed by atoms with Gasteiger partial charge in [0.05, 0.1) is 13.2 Å². The predicted molar refractivity (Wildman–Crippen MR) is 111 cm³/mol. The molecule has 3 aromatic rings. The summed E-state index contributed by atoms with van der Waals surface area (Å²) < 4.78 is 5.61. The Labute approximate surface area is 171 Å². The second-order valence-corrected chi connectivity index (χ2v) is 7.26. The first-order valence-electron chi connectivity index (χ1n) is 9.89. The standard InChI is InChI=1S/C23H26N4O2/c24-23(28)18-5-1-4-17(14-18)22(27-10-12-29-13-11-27)21(19-6-2-8-25-15-19)20-7-3-9-26-16-20/h1-9,14-16,21-23,28H,10-13,24H2. The Morgan fingerprint density at radius 1 is 0.862 bits per heavy atom. The fourth-order valence-electron chi connectivity index (χ4n) is 4.07. The summed E-state index contributed by atoms with van der Waals surface area (Å²) in [7, 11) is 0. The second kappa shape index (κ2) is 9.24. The van der Waals surface area contributed by atoms with Crippen molar-refractivity contribution in [3.63, 3.8) is 0 Å². The van der Waals surface area contributed by atoms with Crippen LogP contribution in [0, 0.1) is 0 Å². The van der Waals surface area contributed by atoms with Gasteiger partial charge in [0.1, 0.15) is 6.23 Å². The number of aromatic nitrogens is 2. The normalized spacial score (nSPS) is 17.2. The SMILES string of the molecule is NC(O)c1cccc(C(C(c2cccnc2)c2cccnc2)N2CCOCC2)c1. The Balaban J connectivity index is 1.86. The lowest BCUT2D eigenvalue weighted by Gasteiger charge is -2.40. The molecular weight excluding hydrogens is 364 g/mol. The molecule has 2 aromatic heterocycles. The minimum Gasteiger partial charge on any atom is -0.379 e. The van der Waals surface area contributed by atoms with Crippen molar-refractivity contribution in [2.24, 2.45) is 5.73 Å². The summed E-state index contributed by atoms with van der Waals surface area (Å²) in [5, 5.41) is 9.94. The average Bonchev–Trinajstić information content (AvgIpc) is 2.79. The Bertz CT molecular complexity index is 860. The number of rotatable bonds is 6. The van der Waals surface area contributed by atoms with Crippen molar-refractivity contribution in [3.8, 4) is 0 Å². The molecule has 1 aliphatic rings. The first kappa shape index (κ1) is 19.7. The molecule has 150 valence electrons. The van der Waals surface area contributed by atoms with Gasteiger partial charge in [0.15, 0.2) is 0 Å². The highest BCUT2D eigenvalue weighted by Gasteiger charge is 2.33. The fourth-order valence-corrected chi connectivity index (χ4v) is 4.07. The number of aliphatic hydroxyl groups excluding tert-OH is 1. The molecule has 3 N–H and O–H groups in total. The first-order valence-corrected chi connectivity index (χ1v) is 9.89. The van der Waals surface area contributed by atoms with Crippen LogP contribution in [-0.4, -0.2) is 46.3 Å². The van der Waals surface area contributed by atoms with Gasteiger partial charge in [0.2, 0.25) is 0 Å². The van der Waals surface area contributed by atoms with Gasteiger partial charge in [-0.3, -0.25) is 14.9 Å². The molecule has 0 radical (unpaired) electrons. The van der Waals surface area contributed by atoms with Gasteiger partial charge in [-0.05, 0) is 34.4 Å². The van der Waals surface area contributed by atoms with Gasteiger partial charge < -0.3 is 15.6 Å². The molecule has 1 saturated heterocycles. The first-order chi connectivity index (χ1) is 14.2. The van der Waals surface area contributed by atoms with E-state index in [1.807, 2.05) is 42.7 Å². The highest BCUT2D eigenvalue weighted by molar-refractivity contribution is 5.37. The van der Waals surface area contributed by atoms with Crippen molar-refractivity contribution >= 4 is 0 Å². The van der Waals surface area contributed by atoms with E-state index < -0.39 is 6.23 Å². The van der Waals surface area contributed by atoms with E-state index in [0.29, 0.717) is 18.8 Å². The smallest absolute Gasteiger partial charge is 0.128 e. The molecule has 1 aromatic carbocycles. The zero-order chi connectivity index (χ0) is 20.1. The van der Waals surface area contributed by atoms with Gasteiger partial charge in [0.25, 0.3) is 0 Å². The van der Waals surface area contributed by atoms with Crippen molar-refractivity contribution in [1.29, 1.82) is 0 Å². The third-order valence-corrected chi connectivity index (χ3v) is 5.44. The van der Waals surface area contributed by atoms with Crippen molar-refractivity contribution in [3.05, 3.63) is 95.6 Å². The van der Waals surface area contributed by atoms with Crippen molar-refractivity contribution < 1.29 is 9.84 Å². The van der Waals surface area contributed by atoms with E-state index in [9.17, 15) is 5.11 Å². The van der Waals surface area contributed by atoms with Crippen LogP contribution in [0.5, 0.6) is 0 Å². The van der Waals surface area contributed by atoms with Gasteiger partial charge in [-0.2, -0.15) is 0 Å². The molecule has 4 rings (SSSR count). The van der Waals surface area contributed by atoms with Crippen LogP contribution < -0.4 is 5.73 Å². The molecule has 0 spiro atoms. The fraction of sp³-hybridized carbons (Fsp3) is 0.304. The Morgan fingerprint density at radius 3 is 2.00 bits per heavy atom. The third kappa shape index (κ3) is 4.52. The van der Waals surface area contributed by atoms with E-state index in [1.54, 1.807) is 12.4 Å². The largest absolute Gasteiger partial charge is 0.379 e. The molecule has 6 nitrogen and oxygen atoms in total. The van der Waals surface area contributed by atoms with Gasteiger partial charge in [0, 0.05) is 49.8 Å². The molecule has 1 fully saturated rings. The van der Waals surface area contributed by atoms with Gasteiger partial charge in [-0.15, -0.1) is 0 Å². The highest BCUT2D eigenvalue weighted by Crippen LogP contribution is 2.41. The van der Waals surface area contributed by atoms with E-state index in [2.05, 4.69) is 33.1 Å². The predicted octanol–water partition coefficient (Wildman–Crippen LogP) is 2.63. The van der Waals surface area contributed by atoms with Crippen LogP contribution in [0.2, 0.25) is 0 Å². The lowest BCUT2D eigenvalue weighted by molar-refractivity contribution is 0.0124. The van der Waals surface area contributed by atoms with Crippen LogP contribution in [0.4, 0.5) is 0 Å². The average molecular weight is 390 g/mol. The number of ether oxygens (including phenoxy) is 1. The number of pyridine rings is 2. The summed E-state index contributed by atoms with van der Waals surface area (Å²) in [6, 6.07) is 16.1. The van der Waals surface area contributed by atoms with E-state index >= 15 is 0 Å². The van der Waals surface area contributed by atoms with Crippen molar-refractivity contribution in [2.45, 2.75) is 18.2 Å². The highest BCUT2D eigenvalue weighted by atomic mass is 16.5. The third-order valence-electron chi connectivity index (χ3n) is 5.44. The Hall–Kier alpha value is -2.64. The maximum Gasteiger partial charge on any atom is 0.128 e. The van der Waals surface area contributed by atoms with Gasteiger partial charge >= 0.3 is 0 Å². The van der Waals surface area contributed by atoms with Crippen molar-refractivity contribution in [1.82, 2.24) is 14.9 Å². The minimum absolute atomic E-state index is 0.0284. The summed E-state index contributed by atoms with van der Waals surface area (Å²) in [6.07, 6.45) is 6.42. The number of nitrogens with zero attached hydrogens (tertiary/aromatic N) is 3. The number of aliphatic hydroxyl groups is 1. The van der Waals surface area contributed by atoms with Crippen molar-refractivity contribution in [2.75, 3.05) is 26.3 Å². The van der Waals surface area contributed by atoms with E-state index in [0.717, 1.165) is 29.8 Å². The number of benzene rings is 1. The molecule has 6 heteroatoms. The monoisotopic (exact) mass is 390 g/mol. The van der Waals surface area contributed by atoms with E-state index in [4.69, 9.17) is 10.5 Å². The van der Waals surface area contributed by atoms with Gasteiger partial charge in [-0.25, -0.2) is 0 Å². The number of nitrogens with two attached hydrogens (primary N) is 1. The molecule has 2 unspecified atom stereocenters.